The van der Waals surface area contributed by atoms with Crippen LogP contribution in [-0.4, -0.2) is 43.6 Å². The third kappa shape index (κ3) is 4.34. The van der Waals surface area contributed by atoms with Gasteiger partial charge in [0.15, 0.2) is 0 Å². The fraction of sp³-hybridized carbons (Fsp3) is 0.562. The van der Waals surface area contributed by atoms with Gasteiger partial charge >= 0.3 is 6.03 Å². The third-order valence-electron chi connectivity index (χ3n) is 4.08. The minimum atomic E-state index is -0.114. The molecule has 0 aliphatic carbocycles. The van der Waals surface area contributed by atoms with Gasteiger partial charge in [-0.15, -0.1) is 0 Å². The van der Waals surface area contributed by atoms with E-state index >= 15 is 0 Å². The van der Waals surface area contributed by atoms with Gasteiger partial charge in [0.25, 0.3) is 0 Å². The van der Waals surface area contributed by atoms with Crippen molar-refractivity contribution in [3.05, 3.63) is 30.7 Å². The fourth-order valence-electron chi connectivity index (χ4n) is 2.27. The van der Waals surface area contributed by atoms with Gasteiger partial charge in [-0.3, -0.25) is 10.00 Å². The summed E-state index contributed by atoms with van der Waals surface area (Å²) in [5.41, 5.74) is 0. The number of carbonyl (C=O) groups excluding carboxylic acids is 1. The minimum absolute atomic E-state index is 0.114. The molecule has 2 aromatic rings. The molecule has 0 fully saturated rings. The first-order valence-electron chi connectivity index (χ1n) is 8.09. The Bertz CT molecular complexity index is 604. The molecule has 0 bridgehead atoms. The largest absolute Gasteiger partial charge is 0.323 e. The van der Waals surface area contributed by atoms with Gasteiger partial charge < -0.3 is 4.90 Å². The summed E-state index contributed by atoms with van der Waals surface area (Å²) in [5, 5.41) is 11.5. The maximum atomic E-state index is 12.5. The molecule has 0 aliphatic rings. The third-order valence-corrected chi connectivity index (χ3v) is 4.08. The Morgan fingerprint density at radius 2 is 2.09 bits per heavy atom. The van der Waals surface area contributed by atoms with Crippen LogP contribution in [0.15, 0.2) is 30.7 Å². The standard InChI is InChI=1S/C16H26N6O/c1-5-20(11-12-21-10-6-8-17-21)16(23)19-15-7-9-18-22(15)14(4)13(2)3/h6-10,13-14H,5,11-12H2,1-4H3,(H,19,23). The molecule has 7 nitrogen and oxygen atoms in total. The van der Waals surface area contributed by atoms with Crippen LogP contribution < -0.4 is 5.32 Å². The SMILES string of the molecule is CCN(CCn1cccn1)C(=O)Nc1ccnn1C(C)C(C)C. The van der Waals surface area contributed by atoms with Crippen LogP contribution >= 0.6 is 0 Å². The van der Waals surface area contributed by atoms with E-state index in [4.69, 9.17) is 0 Å². The van der Waals surface area contributed by atoms with Gasteiger partial charge in [-0.1, -0.05) is 13.8 Å². The number of hydrogen-bond acceptors (Lipinski definition) is 3. The summed E-state index contributed by atoms with van der Waals surface area (Å²) in [5.74, 6) is 1.17. The van der Waals surface area contributed by atoms with Crippen LogP contribution in [0, 0.1) is 5.92 Å². The number of hydrogen-bond donors (Lipinski definition) is 1. The maximum Gasteiger partial charge on any atom is 0.323 e. The number of carbonyl (C=O) groups is 1. The quantitative estimate of drug-likeness (QED) is 0.853. The molecule has 0 aliphatic heterocycles. The first-order chi connectivity index (χ1) is 11.0. The van der Waals surface area contributed by atoms with E-state index in [0.717, 1.165) is 5.82 Å². The van der Waals surface area contributed by atoms with Crippen molar-refractivity contribution in [2.24, 2.45) is 5.92 Å². The number of rotatable bonds is 7. The van der Waals surface area contributed by atoms with Crippen LogP contribution in [0.5, 0.6) is 0 Å². The highest BCUT2D eigenvalue weighted by Crippen LogP contribution is 2.21. The minimum Gasteiger partial charge on any atom is -0.323 e. The van der Waals surface area contributed by atoms with Crippen molar-refractivity contribution in [1.82, 2.24) is 24.5 Å². The van der Waals surface area contributed by atoms with Gasteiger partial charge in [-0.05, 0) is 25.8 Å². The lowest BCUT2D eigenvalue weighted by molar-refractivity contribution is 0.211. The van der Waals surface area contributed by atoms with Gasteiger partial charge in [-0.25, -0.2) is 9.48 Å². The van der Waals surface area contributed by atoms with Gasteiger partial charge in [0.05, 0.1) is 18.8 Å². The smallest absolute Gasteiger partial charge is 0.323 e. The average molecular weight is 318 g/mol. The van der Waals surface area contributed by atoms with Crippen LogP contribution in [0.4, 0.5) is 10.6 Å². The molecule has 2 heterocycles. The topological polar surface area (TPSA) is 68.0 Å². The lowest BCUT2D eigenvalue weighted by Crippen LogP contribution is -2.37. The fourth-order valence-corrected chi connectivity index (χ4v) is 2.27. The molecule has 0 saturated heterocycles. The second-order valence-electron chi connectivity index (χ2n) is 5.92. The molecule has 2 rings (SSSR count). The first kappa shape index (κ1) is 17.1. The highest BCUT2D eigenvalue weighted by atomic mass is 16.2. The molecule has 126 valence electrons. The predicted octanol–water partition coefficient (Wildman–Crippen LogP) is 2.85. The van der Waals surface area contributed by atoms with Crippen molar-refractivity contribution < 1.29 is 4.79 Å². The van der Waals surface area contributed by atoms with E-state index in [9.17, 15) is 4.79 Å². The molecule has 1 unspecified atom stereocenters. The molecule has 7 heteroatoms. The number of aromatic nitrogens is 4. The average Bonchev–Trinajstić information content (AvgIpc) is 3.18. The molecule has 1 atom stereocenters. The predicted molar refractivity (Wildman–Crippen MR) is 90.3 cm³/mol. The lowest BCUT2D eigenvalue weighted by atomic mass is 10.1. The Labute approximate surface area is 137 Å². The zero-order valence-corrected chi connectivity index (χ0v) is 14.3. The highest BCUT2D eigenvalue weighted by molar-refractivity contribution is 5.88. The van der Waals surface area contributed by atoms with Gasteiger partial charge in [-0.2, -0.15) is 10.2 Å². The van der Waals surface area contributed by atoms with E-state index in [1.807, 2.05) is 34.6 Å². The van der Waals surface area contributed by atoms with Crippen molar-refractivity contribution in [3.8, 4) is 0 Å². The summed E-state index contributed by atoms with van der Waals surface area (Å²) in [6.07, 6.45) is 5.35. The number of anilines is 1. The molecule has 0 spiro atoms. The molecule has 1 N–H and O–H groups in total. The Balaban J connectivity index is 1.98. The normalized spacial score (nSPS) is 12.4. The Morgan fingerprint density at radius 1 is 1.30 bits per heavy atom. The van der Waals surface area contributed by atoms with Gasteiger partial charge in [0, 0.05) is 31.5 Å². The summed E-state index contributed by atoms with van der Waals surface area (Å²) in [6.45, 7) is 10.3. The Hall–Kier alpha value is -2.31. The van der Waals surface area contributed by atoms with Crippen LogP contribution in [-0.2, 0) is 6.54 Å². The number of likely N-dealkylation sites (N-methyl/N-ethyl adjacent to an activating group) is 1. The van der Waals surface area contributed by atoms with Crippen molar-refractivity contribution in [2.75, 3.05) is 18.4 Å². The van der Waals surface area contributed by atoms with Crippen LogP contribution in [0.2, 0.25) is 0 Å². The van der Waals surface area contributed by atoms with Gasteiger partial charge in [0.2, 0.25) is 0 Å². The molecular formula is C16H26N6O. The highest BCUT2D eigenvalue weighted by Gasteiger charge is 2.17. The first-order valence-corrected chi connectivity index (χ1v) is 8.09. The van der Waals surface area contributed by atoms with Crippen molar-refractivity contribution in [3.63, 3.8) is 0 Å². The van der Waals surface area contributed by atoms with Crippen LogP contribution in [0.3, 0.4) is 0 Å². The Morgan fingerprint density at radius 3 is 2.70 bits per heavy atom. The molecule has 0 aromatic carbocycles. The molecular weight excluding hydrogens is 292 g/mol. The number of nitrogens with one attached hydrogen (secondary N) is 1. The summed E-state index contributed by atoms with van der Waals surface area (Å²) in [7, 11) is 0. The van der Waals surface area contributed by atoms with E-state index in [0.29, 0.717) is 25.6 Å². The van der Waals surface area contributed by atoms with E-state index < -0.39 is 0 Å². The van der Waals surface area contributed by atoms with Gasteiger partial charge in [0.1, 0.15) is 5.82 Å². The van der Waals surface area contributed by atoms with E-state index in [1.165, 1.54) is 0 Å². The van der Waals surface area contributed by atoms with Crippen molar-refractivity contribution in [1.29, 1.82) is 0 Å². The summed E-state index contributed by atoms with van der Waals surface area (Å²) >= 11 is 0. The second-order valence-corrected chi connectivity index (χ2v) is 5.92. The van der Waals surface area contributed by atoms with E-state index in [1.54, 1.807) is 17.3 Å². The lowest BCUT2D eigenvalue weighted by Gasteiger charge is -2.23. The molecule has 23 heavy (non-hydrogen) atoms. The van der Waals surface area contributed by atoms with Crippen LogP contribution in [0.25, 0.3) is 0 Å². The number of nitrogens with zero attached hydrogens (tertiary/aromatic N) is 5. The molecule has 2 aromatic heterocycles. The summed E-state index contributed by atoms with van der Waals surface area (Å²) < 4.78 is 3.69. The number of amides is 2. The van der Waals surface area contributed by atoms with Crippen molar-refractivity contribution >= 4 is 11.8 Å². The number of urea groups is 1. The second kappa shape index (κ2) is 7.80. The van der Waals surface area contributed by atoms with Crippen molar-refractivity contribution in [2.45, 2.75) is 40.3 Å². The monoisotopic (exact) mass is 318 g/mol. The Kier molecular flexibility index (Phi) is 5.78. The zero-order valence-electron chi connectivity index (χ0n) is 14.3. The molecule has 0 saturated carbocycles. The summed E-state index contributed by atoms with van der Waals surface area (Å²) in [4.78, 5) is 14.3. The van der Waals surface area contributed by atoms with E-state index in [2.05, 4.69) is 36.3 Å². The van der Waals surface area contributed by atoms with E-state index in [-0.39, 0.29) is 12.1 Å². The van der Waals surface area contributed by atoms with Crippen LogP contribution in [0.1, 0.15) is 33.7 Å². The maximum absolute atomic E-state index is 12.5. The molecule has 2 amide bonds. The zero-order chi connectivity index (χ0) is 16.8. The molecule has 0 radical (unpaired) electrons. The summed E-state index contributed by atoms with van der Waals surface area (Å²) in [6, 6.07) is 3.82.